The quantitative estimate of drug-likeness (QED) is 0.471. The molecule has 0 bridgehead atoms. The van der Waals surface area contributed by atoms with Gasteiger partial charge in [0, 0.05) is 17.9 Å². The van der Waals surface area contributed by atoms with Gasteiger partial charge in [0.05, 0.1) is 0 Å². The Labute approximate surface area is 206 Å². The van der Waals surface area contributed by atoms with Gasteiger partial charge in [0.25, 0.3) is 0 Å². The molecule has 2 aliphatic rings. The van der Waals surface area contributed by atoms with Gasteiger partial charge in [0.1, 0.15) is 12.6 Å². The van der Waals surface area contributed by atoms with Crippen molar-refractivity contribution in [3.05, 3.63) is 59.7 Å². The fraction of sp³-hybridized carbons (Fsp3) is 0.464. The minimum atomic E-state index is -0.868. The number of fused-ring (bicyclic) bond motifs is 3. The SMILES string of the molecule is CC[C@H](NC(=O)OCC1c2ccccc2-c2ccccc21)C(=O)NC1(CCC(=O)O)CCCCC1. The number of aliphatic carboxylic acids is 1. The van der Waals surface area contributed by atoms with Crippen LogP contribution in [0.3, 0.4) is 0 Å². The van der Waals surface area contributed by atoms with E-state index in [2.05, 4.69) is 34.9 Å². The summed E-state index contributed by atoms with van der Waals surface area (Å²) in [6.07, 6.45) is 4.70. The summed E-state index contributed by atoms with van der Waals surface area (Å²) in [5.41, 5.74) is 4.04. The van der Waals surface area contributed by atoms with Crippen LogP contribution < -0.4 is 10.6 Å². The number of carboxylic acid groups (broad SMARTS) is 1. The Kier molecular flexibility index (Phi) is 7.73. The molecule has 0 saturated heterocycles. The van der Waals surface area contributed by atoms with Crippen LogP contribution >= 0.6 is 0 Å². The first-order chi connectivity index (χ1) is 16.9. The maximum absolute atomic E-state index is 13.1. The Morgan fingerprint density at radius 1 is 1.00 bits per heavy atom. The third-order valence-electron chi connectivity index (χ3n) is 7.38. The van der Waals surface area contributed by atoms with Crippen LogP contribution in [0.25, 0.3) is 11.1 Å². The minimum Gasteiger partial charge on any atom is -0.481 e. The maximum Gasteiger partial charge on any atom is 0.407 e. The molecule has 1 atom stereocenters. The molecule has 2 aliphatic carbocycles. The third-order valence-corrected chi connectivity index (χ3v) is 7.38. The van der Waals surface area contributed by atoms with Crippen molar-refractivity contribution >= 4 is 18.0 Å². The number of carboxylic acids is 1. The fourth-order valence-electron chi connectivity index (χ4n) is 5.50. The number of amides is 2. The second kappa shape index (κ2) is 10.9. The van der Waals surface area contributed by atoms with Crippen LogP contribution in [-0.4, -0.2) is 41.3 Å². The molecule has 2 amide bonds. The van der Waals surface area contributed by atoms with Gasteiger partial charge in [0.15, 0.2) is 0 Å². The van der Waals surface area contributed by atoms with Crippen LogP contribution in [0.2, 0.25) is 0 Å². The first kappa shape index (κ1) is 24.8. The Morgan fingerprint density at radius 3 is 2.17 bits per heavy atom. The summed E-state index contributed by atoms with van der Waals surface area (Å²) in [6, 6.07) is 15.5. The molecule has 0 unspecified atom stereocenters. The van der Waals surface area contributed by atoms with E-state index in [1.807, 2.05) is 31.2 Å². The molecule has 7 nitrogen and oxygen atoms in total. The lowest BCUT2D eigenvalue weighted by atomic mass is 9.78. The number of carbonyl (C=O) groups excluding carboxylic acids is 2. The molecule has 0 aromatic heterocycles. The van der Waals surface area contributed by atoms with Crippen LogP contribution in [0.5, 0.6) is 0 Å². The smallest absolute Gasteiger partial charge is 0.407 e. The molecule has 1 fully saturated rings. The average Bonchev–Trinajstić information content (AvgIpc) is 3.19. The van der Waals surface area contributed by atoms with E-state index < -0.39 is 23.6 Å². The molecule has 7 heteroatoms. The van der Waals surface area contributed by atoms with Gasteiger partial charge in [-0.1, -0.05) is 74.7 Å². The molecule has 0 aliphatic heterocycles. The highest BCUT2D eigenvalue weighted by atomic mass is 16.5. The fourth-order valence-corrected chi connectivity index (χ4v) is 5.50. The highest BCUT2D eigenvalue weighted by Crippen LogP contribution is 2.44. The molecule has 0 spiro atoms. The van der Waals surface area contributed by atoms with E-state index in [1.54, 1.807) is 0 Å². The number of hydrogen-bond donors (Lipinski definition) is 3. The van der Waals surface area contributed by atoms with Gasteiger partial charge in [0.2, 0.25) is 5.91 Å². The van der Waals surface area contributed by atoms with Gasteiger partial charge >= 0.3 is 12.1 Å². The van der Waals surface area contributed by atoms with E-state index in [9.17, 15) is 14.4 Å². The van der Waals surface area contributed by atoms with Crippen molar-refractivity contribution in [3.8, 4) is 11.1 Å². The van der Waals surface area contributed by atoms with Crippen LogP contribution in [0.4, 0.5) is 4.79 Å². The lowest BCUT2D eigenvalue weighted by Crippen LogP contribution is -2.56. The Bertz CT molecular complexity index is 1030. The first-order valence-electron chi connectivity index (χ1n) is 12.6. The van der Waals surface area contributed by atoms with E-state index in [0.29, 0.717) is 12.8 Å². The molecule has 4 rings (SSSR count). The van der Waals surface area contributed by atoms with Gasteiger partial charge in [-0.3, -0.25) is 9.59 Å². The molecule has 0 heterocycles. The highest BCUT2D eigenvalue weighted by molar-refractivity contribution is 5.86. The average molecular weight is 479 g/mol. The van der Waals surface area contributed by atoms with E-state index in [-0.39, 0.29) is 24.9 Å². The largest absolute Gasteiger partial charge is 0.481 e. The van der Waals surface area contributed by atoms with Crippen molar-refractivity contribution in [3.63, 3.8) is 0 Å². The molecule has 2 aromatic rings. The Balaban J connectivity index is 1.37. The molecule has 35 heavy (non-hydrogen) atoms. The van der Waals surface area contributed by atoms with Crippen molar-refractivity contribution in [1.82, 2.24) is 10.6 Å². The van der Waals surface area contributed by atoms with Gasteiger partial charge < -0.3 is 20.5 Å². The molecular weight excluding hydrogens is 444 g/mol. The van der Waals surface area contributed by atoms with E-state index >= 15 is 0 Å². The maximum atomic E-state index is 13.1. The van der Waals surface area contributed by atoms with Crippen LogP contribution in [0, 0.1) is 0 Å². The van der Waals surface area contributed by atoms with E-state index in [4.69, 9.17) is 9.84 Å². The zero-order chi connectivity index (χ0) is 24.8. The third kappa shape index (κ3) is 5.66. The standard InChI is InChI=1S/C28H34N2O5/c1-2-24(26(33)30-28(17-14-25(31)32)15-8-3-9-16-28)29-27(34)35-18-23-21-12-6-4-10-19(21)20-11-5-7-13-22(20)23/h4-7,10-13,23-24H,2-3,8-9,14-18H2,1H3,(H,29,34)(H,30,33)(H,31,32)/t24-/m0/s1. The summed E-state index contributed by atoms with van der Waals surface area (Å²) in [5, 5.41) is 15.0. The van der Waals surface area contributed by atoms with Gasteiger partial charge in [-0.2, -0.15) is 0 Å². The normalized spacial score (nSPS) is 17.1. The second-order valence-electron chi connectivity index (χ2n) is 9.65. The number of ether oxygens (including phenoxy) is 1. The second-order valence-corrected chi connectivity index (χ2v) is 9.65. The van der Waals surface area contributed by atoms with Crippen molar-refractivity contribution in [2.45, 2.75) is 75.8 Å². The summed E-state index contributed by atoms with van der Waals surface area (Å²) in [7, 11) is 0. The number of hydrogen-bond acceptors (Lipinski definition) is 4. The highest BCUT2D eigenvalue weighted by Gasteiger charge is 2.36. The topological polar surface area (TPSA) is 105 Å². The lowest BCUT2D eigenvalue weighted by molar-refractivity contribution is -0.138. The molecule has 1 saturated carbocycles. The predicted octanol–water partition coefficient (Wildman–Crippen LogP) is 4.99. The van der Waals surface area contributed by atoms with Crippen molar-refractivity contribution in [1.29, 1.82) is 0 Å². The monoisotopic (exact) mass is 478 g/mol. The van der Waals surface area contributed by atoms with Gasteiger partial charge in [-0.25, -0.2) is 4.79 Å². The van der Waals surface area contributed by atoms with Crippen LogP contribution in [0.15, 0.2) is 48.5 Å². The lowest BCUT2D eigenvalue weighted by Gasteiger charge is -2.39. The molecule has 186 valence electrons. The summed E-state index contributed by atoms with van der Waals surface area (Å²) in [4.78, 5) is 36.9. The summed E-state index contributed by atoms with van der Waals surface area (Å²) < 4.78 is 5.61. The molecular formula is C28H34N2O5. The van der Waals surface area contributed by atoms with Crippen LogP contribution in [0.1, 0.15) is 75.3 Å². The summed E-state index contributed by atoms with van der Waals surface area (Å²) in [5.74, 6) is -1.20. The molecule has 3 N–H and O–H groups in total. The van der Waals surface area contributed by atoms with Crippen molar-refractivity contribution in [2.75, 3.05) is 6.61 Å². The van der Waals surface area contributed by atoms with Gasteiger partial charge in [-0.15, -0.1) is 0 Å². The van der Waals surface area contributed by atoms with E-state index in [1.165, 1.54) is 0 Å². The number of carbonyl (C=O) groups is 3. The number of nitrogens with one attached hydrogen (secondary N) is 2. The Hall–Kier alpha value is -3.35. The summed E-state index contributed by atoms with van der Waals surface area (Å²) >= 11 is 0. The Morgan fingerprint density at radius 2 is 1.60 bits per heavy atom. The molecule has 0 radical (unpaired) electrons. The zero-order valence-electron chi connectivity index (χ0n) is 20.2. The minimum absolute atomic E-state index is 0.0108. The molecule has 2 aromatic carbocycles. The van der Waals surface area contributed by atoms with Gasteiger partial charge in [-0.05, 0) is 47.9 Å². The number of benzene rings is 2. The number of alkyl carbamates (subject to hydrolysis) is 1. The predicted molar refractivity (Wildman–Crippen MR) is 133 cm³/mol. The van der Waals surface area contributed by atoms with Crippen LogP contribution in [-0.2, 0) is 14.3 Å². The zero-order valence-corrected chi connectivity index (χ0v) is 20.2. The summed E-state index contributed by atoms with van der Waals surface area (Å²) in [6.45, 7) is 2.01. The van der Waals surface area contributed by atoms with Crippen molar-refractivity contribution < 1.29 is 24.2 Å². The number of rotatable bonds is 9. The van der Waals surface area contributed by atoms with Crippen molar-refractivity contribution in [2.24, 2.45) is 0 Å². The van der Waals surface area contributed by atoms with E-state index in [0.717, 1.165) is 54.4 Å². The first-order valence-corrected chi connectivity index (χ1v) is 12.6.